The van der Waals surface area contributed by atoms with Crippen molar-refractivity contribution in [1.29, 1.82) is 0 Å². The van der Waals surface area contributed by atoms with Crippen molar-refractivity contribution in [3.05, 3.63) is 0 Å². The first-order chi connectivity index (χ1) is 11.3. The third-order valence-corrected chi connectivity index (χ3v) is 6.05. The molecule has 1 rings (SSSR count). The molecular formula is C19H35BrCl2O2. The topological polar surface area (TPSA) is 18.5 Å². The molecule has 2 atom stereocenters. The fraction of sp³-hybridized carbons (Fsp3) is 1.00. The lowest BCUT2D eigenvalue weighted by atomic mass is 9.63. The Morgan fingerprint density at radius 2 is 1.50 bits per heavy atom. The summed E-state index contributed by atoms with van der Waals surface area (Å²) < 4.78 is 11.3. The Labute approximate surface area is 167 Å². The van der Waals surface area contributed by atoms with Gasteiger partial charge in [-0.2, -0.15) is 0 Å². The Kier molecular flexibility index (Phi) is 11.2. The number of halogens is 3. The van der Waals surface area contributed by atoms with Gasteiger partial charge in [-0.05, 0) is 59.9 Å². The van der Waals surface area contributed by atoms with Gasteiger partial charge in [0.05, 0.1) is 13.2 Å². The van der Waals surface area contributed by atoms with E-state index in [-0.39, 0.29) is 5.41 Å². The van der Waals surface area contributed by atoms with Crippen LogP contribution in [0.1, 0.15) is 72.1 Å². The summed E-state index contributed by atoms with van der Waals surface area (Å²) >= 11 is 15.9. The number of hydrogen-bond donors (Lipinski definition) is 0. The number of ether oxygens (including phenoxy) is 2. The van der Waals surface area contributed by atoms with Crippen LogP contribution in [0, 0.1) is 17.3 Å². The third kappa shape index (κ3) is 8.12. The molecule has 1 fully saturated rings. The van der Waals surface area contributed by atoms with Crippen molar-refractivity contribution in [3.63, 3.8) is 0 Å². The standard InChI is InChI=1S/C19H35BrCl2O2/c1-4-12-23-14-18(15-24-13-5-2,10-11-19(20,21)22)17-9-7-6-8-16(17)3/h16-17H,4-15H2,1-3H3. The highest BCUT2D eigenvalue weighted by Crippen LogP contribution is 2.48. The minimum absolute atomic E-state index is 0.00692. The average molecular weight is 446 g/mol. The lowest BCUT2D eigenvalue weighted by molar-refractivity contribution is -0.0832. The zero-order chi connectivity index (χ0) is 18.1. The second-order valence-corrected chi connectivity index (χ2v) is 11.2. The molecule has 1 saturated carbocycles. The molecule has 0 radical (unpaired) electrons. The normalized spacial score (nSPS) is 22.8. The highest BCUT2D eigenvalue weighted by atomic mass is 79.9. The van der Waals surface area contributed by atoms with Crippen LogP contribution in [0.4, 0.5) is 0 Å². The van der Waals surface area contributed by atoms with Crippen LogP contribution in [0.3, 0.4) is 0 Å². The highest BCUT2D eigenvalue weighted by molar-refractivity contribution is 9.11. The molecule has 0 amide bonds. The summed E-state index contributed by atoms with van der Waals surface area (Å²) in [5.74, 6) is 1.31. The van der Waals surface area contributed by atoms with Gasteiger partial charge < -0.3 is 9.47 Å². The minimum Gasteiger partial charge on any atom is -0.381 e. The highest BCUT2D eigenvalue weighted by Gasteiger charge is 2.44. The second-order valence-electron chi connectivity index (χ2n) is 7.45. The Balaban J connectivity index is 2.94. The molecule has 0 heterocycles. The van der Waals surface area contributed by atoms with Crippen LogP contribution in [0.15, 0.2) is 0 Å². The lowest BCUT2D eigenvalue weighted by Gasteiger charge is -2.46. The fourth-order valence-electron chi connectivity index (χ4n) is 4.04. The molecule has 0 aromatic carbocycles. The van der Waals surface area contributed by atoms with Gasteiger partial charge in [0.1, 0.15) is 0 Å². The Bertz CT molecular complexity index is 324. The van der Waals surface area contributed by atoms with E-state index < -0.39 is 3.24 Å². The molecule has 24 heavy (non-hydrogen) atoms. The molecule has 2 unspecified atom stereocenters. The second kappa shape index (κ2) is 11.6. The Morgan fingerprint density at radius 1 is 0.958 bits per heavy atom. The molecule has 0 spiro atoms. The largest absolute Gasteiger partial charge is 0.381 e. The van der Waals surface area contributed by atoms with Crippen molar-refractivity contribution in [3.8, 4) is 0 Å². The average Bonchev–Trinajstić information content (AvgIpc) is 2.52. The lowest BCUT2D eigenvalue weighted by Crippen LogP contribution is -2.44. The van der Waals surface area contributed by atoms with E-state index in [0.29, 0.717) is 18.3 Å². The summed E-state index contributed by atoms with van der Waals surface area (Å²) in [4.78, 5) is 0. The fourth-order valence-corrected chi connectivity index (χ4v) is 4.43. The summed E-state index contributed by atoms with van der Waals surface area (Å²) in [5.41, 5.74) is 0.00692. The molecule has 5 heteroatoms. The molecule has 1 aliphatic carbocycles. The SMILES string of the molecule is CCCOCC(CCC(Cl)(Cl)Br)(COCCC)C1CCCCC1C. The van der Waals surface area contributed by atoms with Gasteiger partial charge in [-0.15, -0.1) is 0 Å². The maximum absolute atomic E-state index is 6.24. The van der Waals surface area contributed by atoms with Crippen LogP contribution >= 0.6 is 39.1 Å². The molecule has 0 aromatic heterocycles. The Morgan fingerprint density at radius 3 is 1.96 bits per heavy atom. The van der Waals surface area contributed by atoms with Crippen molar-refractivity contribution >= 4 is 39.1 Å². The van der Waals surface area contributed by atoms with Crippen LogP contribution in [0.5, 0.6) is 0 Å². The Hall–Kier alpha value is 0.980. The van der Waals surface area contributed by atoms with E-state index in [0.717, 1.165) is 45.7 Å². The van der Waals surface area contributed by atoms with E-state index in [2.05, 4.69) is 36.7 Å². The van der Waals surface area contributed by atoms with E-state index in [1.165, 1.54) is 25.7 Å². The van der Waals surface area contributed by atoms with Crippen LogP contribution in [-0.2, 0) is 9.47 Å². The van der Waals surface area contributed by atoms with Crippen molar-refractivity contribution in [2.24, 2.45) is 17.3 Å². The van der Waals surface area contributed by atoms with Gasteiger partial charge in [0.25, 0.3) is 0 Å². The maximum Gasteiger partial charge on any atom is 0.172 e. The van der Waals surface area contributed by atoms with Crippen molar-refractivity contribution in [1.82, 2.24) is 0 Å². The van der Waals surface area contributed by atoms with E-state index in [9.17, 15) is 0 Å². The zero-order valence-electron chi connectivity index (χ0n) is 15.6. The molecule has 0 aliphatic heterocycles. The van der Waals surface area contributed by atoms with E-state index in [1.54, 1.807) is 0 Å². The first-order valence-corrected chi connectivity index (χ1v) is 11.1. The zero-order valence-corrected chi connectivity index (χ0v) is 18.7. The summed E-state index contributed by atoms with van der Waals surface area (Å²) in [6.45, 7) is 9.79. The van der Waals surface area contributed by atoms with Crippen molar-refractivity contribution < 1.29 is 9.47 Å². The van der Waals surface area contributed by atoms with Crippen LogP contribution in [0.2, 0.25) is 0 Å². The molecule has 2 nitrogen and oxygen atoms in total. The molecule has 0 saturated heterocycles. The molecule has 0 N–H and O–H groups in total. The van der Waals surface area contributed by atoms with Crippen LogP contribution < -0.4 is 0 Å². The van der Waals surface area contributed by atoms with Gasteiger partial charge in [-0.25, -0.2) is 0 Å². The predicted molar refractivity (Wildman–Crippen MR) is 108 cm³/mol. The van der Waals surface area contributed by atoms with Crippen molar-refractivity contribution in [2.75, 3.05) is 26.4 Å². The summed E-state index contributed by atoms with van der Waals surface area (Å²) in [5, 5.41) is 0. The number of hydrogen-bond acceptors (Lipinski definition) is 2. The van der Waals surface area contributed by atoms with E-state index in [1.807, 2.05) is 0 Å². The number of alkyl halides is 3. The van der Waals surface area contributed by atoms with Gasteiger partial charge >= 0.3 is 0 Å². The first kappa shape index (κ1) is 23.0. The molecule has 0 bridgehead atoms. The van der Waals surface area contributed by atoms with Gasteiger partial charge in [-0.3, -0.25) is 0 Å². The minimum atomic E-state index is -0.869. The predicted octanol–water partition coefficient (Wildman–Crippen LogP) is 6.96. The summed E-state index contributed by atoms with van der Waals surface area (Å²) in [6.07, 6.45) is 8.91. The van der Waals surface area contributed by atoms with Crippen LogP contribution in [0.25, 0.3) is 0 Å². The smallest absolute Gasteiger partial charge is 0.172 e. The molecular weight excluding hydrogens is 411 g/mol. The molecule has 144 valence electrons. The number of rotatable bonds is 12. The summed E-state index contributed by atoms with van der Waals surface area (Å²) in [7, 11) is 0. The van der Waals surface area contributed by atoms with Gasteiger partial charge in [-0.1, -0.05) is 63.2 Å². The maximum atomic E-state index is 6.24. The van der Waals surface area contributed by atoms with Crippen LogP contribution in [-0.4, -0.2) is 29.7 Å². The summed E-state index contributed by atoms with van der Waals surface area (Å²) in [6, 6.07) is 0. The van der Waals surface area contributed by atoms with E-state index in [4.69, 9.17) is 32.7 Å². The molecule has 1 aliphatic rings. The van der Waals surface area contributed by atoms with Gasteiger partial charge in [0, 0.05) is 18.6 Å². The van der Waals surface area contributed by atoms with Crippen molar-refractivity contribution in [2.45, 2.75) is 75.4 Å². The van der Waals surface area contributed by atoms with Gasteiger partial charge in [0.2, 0.25) is 0 Å². The van der Waals surface area contributed by atoms with E-state index >= 15 is 0 Å². The monoisotopic (exact) mass is 444 g/mol. The third-order valence-electron chi connectivity index (χ3n) is 5.28. The van der Waals surface area contributed by atoms with Gasteiger partial charge in [0.15, 0.2) is 3.24 Å². The quantitative estimate of drug-likeness (QED) is 0.238. The molecule has 0 aromatic rings. The first-order valence-electron chi connectivity index (χ1n) is 9.57.